The first-order valence-corrected chi connectivity index (χ1v) is 9.92. The Hall–Kier alpha value is -2.46. The Labute approximate surface area is 159 Å². The van der Waals surface area contributed by atoms with E-state index in [1.807, 2.05) is 0 Å². The lowest BCUT2D eigenvalue weighted by atomic mass is 10.1. The number of sulfone groups is 1. The van der Waals surface area contributed by atoms with Crippen molar-refractivity contribution in [3.63, 3.8) is 0 Å². The molecule has 0 aliphatic heterocycles. The highest BCUT2D eigenvalue weighted by molar-refractivity contribution is 7.90. The van der Waals surface area contributed by atoms with E-state index >= 15 is 0 Å². The normalized spacial score (nSPS) is 12.2. The van der Waals surface area contributed by atoms with E-state index in [1.54, 1.807) is 24.3 Å². The highest BCUT2D eigenvalue weighted by Crippen LogP contribution is 2.36. The Morgan fingerprint density at radius 3 is 2.26 bits per heavy atom. The summed E-state index contributed by atoms with van der Waals surface area (Å²) in [6.45, 7) is 0. The van der Waals surface area contributed by atoms with Gasteiger partial charge >= 0.3 is 6.18 Å². The maximum absolute atomic E-state index is 13.2. The number of anilines is 1. The van der Waals surface area contributed by atoms with Gasteiger partial charge < -0.3 is 4.72 Å². The lowest BCUT2D eigenvalue weighted by Crippen LogP contribution is -2.07. The Bertz CT molecular complexity index is 1080. The molecule has 5 nitrogen and oxygen atoms in total. The monoisotopic (exact) mass is 413 g/mol. The number of aromatic nitrogens is 2. The quantitative estimate of drug-likeness (QED) is 0.629. The highest BCUT2D eigenvalue weighted by Gasteiger charge is 2.35. The van der Waals surface area contributed by atoms with Crippen molar-refractivity contribution in [2.24, 2.45) is 0 Å². The van der Waals surface area contributed by atoms with Crippen LogP contribution in [0.5, 0.6) is 0 Å². The maximum Gasteiger partial charge on any atom is 0.435 e. The summed E-state index contributed by atoms with van der Waals surface area (Å²) in [5, 5.41) is 3.68. The van der Waals surface area contributed by atoms with E-state index in [-0.39, 0.29) is 10.6 Å². The molecule has 0 aliphatic rings. The van der Waals surface area contributed by atoms with Crippen molar-refractivity contribution in [3.05, 3.63) is 60.3 Å². The van der Waals surface area contributed by atoms with E-state index in [4.69, 9.17) is 0 Å². The summed E-state index contributed by atoms with van der Waals surface area (Å²) >= 11 is 3.99. The fourth-order valence-electron chi connectivity index (χ4n) is 2.55. The minimum atomic E-state index is -4.63. The van der Waals surface area contributed by atoms with Crippen molar-refractivity contribution in [1.82, 2.24) is 9.78 Å². The minimum Gasteiger partial charge on any atom is -0.332 e. The molecule has 0 bridgehead atoms. The predicted molar refractivity (Wildman–Crippen MR) is 99.7 cm³/mol. The number of alkyl halides is 3. The molecule has 0 aliphatic carbocycles. The van der Waals surface area contributed by atoms with Crippen LogP contribution in [0.15, 0.2) is 59.5 Å². The summed E-state index contributed by atoms with van der Waals surface area (Å²) in [6, 6.07) is 13.1. The topological polar surface area (TPSA) is 64.0 Å². The summed E-state index contributed by atoms with van der Waals surface area (Å²) in [7, 11) is -3.42. The van der Waals surface area contributed by atoms with E-state index < -0.39 is 21.7 Å². The van der Waals surface area contributed by atoms with Gasteiger partial charge in [-0.1, -0.05) is 31.0 Å². The average molecular weight is 413 g/mol. The summed E-state index contributed by atoms with van der Waals surface area (Å²) in [6.07, 6.45) is -3.58. The predicted octanol–water partition coefficient (Wildman–Crippen LogP) is 4.22. The van der Waals surface area contributed by atoms with Crippen LogP contribution in [-0.4, -0.2) is 24.5 Å². The van der Waals surface area contributed by atoms with Gasteiger partial charge in [-0.2, -0.15) is 18.3 Å². The maximum atomic E-state index is 13.2. The zero-order valence-corrected chi connectivity index (χ0v) is 15.6. The molecule has 1 aromatic heterocycles. The molecule has 0 radical (unpaired) electrons. The molecule has 0 unspecified atom stereocenters. The van der Waals surface area contributed by atoms with Crippen molar-refractivity contribution in [3.8, 4) is 16.9 Å². The molecule has 3 aromatic rings. The number of hydrogen-bond acceptors (Lipinski definition) is 5. The van der Waals surface area contributed by atoms with E-state index in [9.17, 15) is 21.6 Å². The van der Waals surface area contributed by atoms with Gasteiger partial charge in [0.15, 0.2) is 15.5 Å². The third-order valence-corrected chi connectivity index (χ3v) is 5.20. The van der Waals surface area contributed by atoms with E-state index in [0.717, 1.165) is 17.0 Å². The molecule has 3 rings (SSSR count). The van der Waals surface area contributed by atoms with Crippen LogP contribution in [-0.2, 0) is 16.0 Å². The molecule has 2 aromatic carbocycles. The van der Waals surface area contributed by atoms with Crippen molar-refractivity contribution in [2.45, 2.75) is 11.1 Å². The third-order valence-electron chi connectivity index (χ3n) is 3.83. The van der Waals surface area contributed by atoms with Crippen LogP contribution in [0.4, 0.5) is 18.9 Å². The molecule has 0 fully saturated rings. The molecule has 0 saturated carbocycles. The van der Waals surface area contributed by atoms with Gasteiger partial charge in [0.25, 0.3) is 0 Å². The van der Waals surface area contributed by atoms with Crippen LogP contribution in [0.25, 0.3) is 16.9 Å². The number of nitrogens with one attached hydrogen (secondary N) is 1. The SMILES string of the molecule is CS(=O)(=O)c1ccc(-n2nc(C(F)(F)F)cc2-c2ccccc2NS)cc1. The first-order valence-electron chi connectivity index (χ1n) is 7.58. The van der Waals surface area contributed by atoms with Crippen molar-refractivity contribution in [2.75, 3.05) is 11.0 Å². The summed E-state index contributed by atoms with van der Waals surface area (Å²) in [5.74, 6) is 0. The Morgan fingerprint density at radius 2 is 1.70 bits per heavy atom. The lowest BCUT2D eigenvalue weighted by Gasteiger charge is -2.11. The molecular weight excluding hydrogens is 399 g/mol. The second kappa shape index (κ2) is 6.93. The molecule has 1 N–H and O–H groups in total. The number of benzene rings is 2. The van der Waals surface area contributed by atoms with Gasteiger partial charge in [0, 0.05) is 11.8 Å². The van der Waals surface area contributed by atoms with Gasteiger partial charge in [-0.3, -0.25) is 0 Å². The Balaban J connectivity index is 2.21. The number of thiol groups is 1. The number of rotatable bonds is 4. The van der Waals surface area contributed by atoms with Crippen LogP contribution in [0.2, 0.25) is 0 Å². The summed E-state index contributed by atoms with van der Waals surface area (Å²) in [5.41, 5.74) is 0.387. The van der Waals surface area contributed by atoms with Crippen molar-refractivity contribution < 1.29 is 21.6 Å². The van der Waals surface area contributed by atoms with Crippen molar-refractivity contribution in [1.29, 1.82) is 0 Å². The van der Waals surface area contributed by atoms with E-state index in [0.29, 0.717) is 16.9 Å². The van der Waals surface area contributed by atoms with Crippen LogP contribution in [0.3, 0.4) is 0 Å². The molecule has 0 atom stereocenters. The Kier molecular flexibility index (Phi) is 4.96. The van der Waals surface area contributed by atoms with Gasteiger partial charge in [-0.05, 0) is 36.4 Å². The van der Waals surface area contributed by atoms with Crippen LogP contribution < -0.4 is 4.72 Å². The lowest BCUT2D eigenvalue weighted by molar-refractivity contribution is -0.141. The fourth-order valence-corrected chi connectivity index (χ4v) is 3.37. The smallest absolute Gasteiger partial charge is 0.332 e. The van der Waals surface area contributed by atoms with Gasteiger partial charge in [-0.25, -0.2) is 13.1 Å². The zero-order chi connectivity index (χ0) is 19.8. The molecular formula is C17H14F3N3O2S2. The summed E-state index contributed by atoms with van der Waals surface area (Å²) < 4.78 is 66.7. The molecule has 0 amide bonds. The number of halogens is 3. The number of para-hydroxylation sites is 1. The fraction of sp³-hybridized carbons (Fsp3) is 0.118. The van der Waals surface area contributed by atoms with Gasteiger partial charge in [-0.15, -0.1) is 0 Å². The molecule has 27 heavy (non-hydrogen) atoms. The van der Waals surface area contributed by atoms with E-state index in [2.05, 4.69) is 22.6 Å². The van der Waals surface area contributed by atoms with Gasteiger partial charge in [0.2, 0.25) is 0 Å². The molecule has 142 valence electrons. The highest BCUT2D eigenvalue weighted by atomic mass is 32.2. The molecule has 10 heteroatoms. The number of hydrogen-bond donors (Lipinski definition) is 2. The zero-order valence-electron chi connectivity index (χ0n) is 13.9. The molecule has 0 spiro atoms. The average Bonchev–Trinajstić information content (AvgIpc) is 3.06. The van der Waals surface area contributed by atoms with Crippen LogP contribution in [0, 0.1) is 0 Å². The standard InChI is InChI=1S/C17H14F3N3O2S2/c1-27(24,25)12-8-6-11(7-9-12)23-15(10-16(21-23)17(18,19)20)13-4-2-3-5-14(13)22-26/h2-10,22,26H,1H3. The van der Waals surface area contributed by atoms with Gasteiger partial charge in [0.1, 0.15) is 0 Å². The first kappa shape index (κ1) is 19.3. The van der Waals surface area contributed by atoms with Crippen LogP contribution in [0.1, 0.15) is 5.69 Å². The van der Waals surface area contributed by atoms with E-state index in [1.165, 1.54) is 24.3 Å². The number of nitrogens with zero attached hydrogens (tertiary/aromatic N) is 2. The second-order valence-corrected chi connectivity index (χ2v) is 7.99. The first-order chi connectivity index (χ1) is 12.6. The Morgan fingerprint density at radius 1 is 1.07 bits per heavy atom. The van der Waals surface area contributed by atoms with Crippen LogP contribution >= 0.6 is 12.8 Å². The van der Waals surface area contributed by atoms with Crippen molar-refractivity contribution >= 4 is 28.3 Å². The van der Waals surface area contributed by atoms with Gasteiger partial charge in [0.05, 0.1) is 22.0 Å². The largest absolute Gasteiger partial charge is 0.435 e. The minimum absolute atomic E-state index is 0.0634. The third kappa shape index (κ3) is 3.96. The summed E-state index contributed by atoms with van der Waals surface area (Å²) in [4.78, 5) is 0.0634. The molecule has 0 saturated heterocycles. The molecule has 1 heterocycles. The second-order valence-electron chi connectivity index (χ2n) is 5.75.